The summed E-state index contributed by atoms with van der Waals surface area (Å²) >= 11 is 9.30. The van der Waals surface area contributed by atoms with E-state index in [-0.39, 0.29) is 17.9 Å². The molecule has 1 atom stereocenters. The first kappa shape index (κ1) is 20.8. The Bertz CT molecular complexity index is 819. The summed E-state index contributed by atoms with van der Waals surface area (Å²) in [4.78, 5) is 28.8. The molecule has 1 aliphatic heterocycles. The molecule has 1 heterocycles. The van der Waals surface area contributed by atoms with Gasteiger partial charge in [-0.05, 0) is 48.9 Å². The van der Waals surface area contributed by atoms with E-state index in [2.05, 4.69) is 26.1 Å². The minimum Gasteiger partial charge on any atom is -0.348 e. The summed E-state index contributed by atoms with van der Waals surface area (Å²) in [6.07, 6.45) is 0. The molecule has 28 heavy (non-hydrogen) atoms. The second-order valence-corrected chi connectivity index (χ2v) is 8.27. The largest absolute Gasteiger partial charge is 0.348 e. The lowest BCUT2D eigenvalue weighted by Crippen LogP contribution is -2.51. The van der Waals surface area contributed by atoms with Gasteiger partial charge in [0.15, 0.2) is 0 Å². The van der Waals surface area contributed by atoms with E-state index >= 15 is 0 Å². The van der Waals surface area contributed by atoms with Gasteiger partial charge in [0, 0.05) is 41.2 Å². The fourth-order valence-electron chi connectivity index (χ4n) is 3.21. The summed E-state index contributed by atoms with van der Waals surface area (Å²) in [5, 5.41) is 3.65. The molecular weight excluding hydrogens is 442 g/mol. The molecule has 148 valence electrons. The third kappa shape index (κ3) is 5.56. The lowest BCUT2D eigenvalue weighted by Gasteiger charge is -2.34. The molecule has 0 aromatic heterocycles. The van der Waals surface area contributed by atoms with Crippen LogP contribution in [-0.2, 0) is 4.79 Å². The maximum atomic E-state index is 12.5. The van der Waals surface area contributed by atoms with Gasteiger partial charge in [-0.15, -0.1) is 0 Å². The lowest BCUT2D eigenvalue weighted by atomic mass is 10.1. The zero-order valence-corrected chi connectivity index (χ0v) is 18.0. The van der Waals surface area contributed by atoms with E-state index in [1.54, 1.807) is 24.3 Å². The Morgan fingerprint density at radius 1 is 1.04 bits per heavy atom. The van der Waals surface area contributed by atoms with Crippen molar-refractivity contribution in [2.45, 2.75) is 13.0 Å². The molecule has 1 N–H and O–H groups in total. The average Bonchev–Trinajstić information content (AvgIpc) is 2.69. The second-order valence-electron chi connectivity index (χ2n) is 6.92. The molecule has 5 nitrogen and oxygen atoms in total. The third-order valence-electron chi connectivity index (χ3n) is 4.87. The Balaban J connectivity index is 1.45. The Morgan fingerprint density at radius 3 is 2.25 bits per heavy atom. The Hall–Kier alpha value is -1.89. The van der Waals surface area contributed by atoms with Crippen molar-refractivity contribution < 1.29 is 9.59 Å². The molecule has 1 unspecified atom stereocenters. The molecular formula is C21H23BrClN3O2. The topological polar surface area (TPSA) is 52.7 Å². The number of nitrogens with one attached hydrogen (secondary N) is 1. The maximum Gasteiger partial charge on any atom is 0.253 e. The summed E-state index contributed by atoms with van der Waals surface area (Å²) in [6, 6.07) is 14.8. The monoisotopic (exact) mass is 463 g/mol. The molecule has 0 spiro atoms. The highest BCUT2D eigenvalue weighted by molar-refractivity contribution is 9.10. The van der Waals surface area contributed by atoms with Crippen LogP contribution in [-0.4, -0.2) is 54.3 Å². The zero-order valence-electron chi connectivity index (χ0n) is 15.7. The van der Waals surface area contributed by atoms with E-state index in [9.17, 15) is 9.59 Å². The van der Waals surface area contributed by atoms with Crippen LogP contribution in [0.5, 0.6) is 0 Å². The predicted molar refractivity (Wildman–Crippen MR) is 114 cm³/mol. The number of rotatable bonds is 5. The summed E-state index contributed by atoms with van der Waals surface area (Å²) in [7, 11) is 0. The smallest absolute Gasteiger partial charge is 0.253 e. The summed E-state index contributed by atoms with van der Waals surface area (Å²) < 4.78 is 1.01. The number of benzene rings is 2. The normalized spacial score (nSPS) is 15.9. The molecule has 1 aliphatic rings. The van der Waals surface area contributed by atoms with E-state index in [0.29, 0.717) is 43.3 Å². The first-order valence-corrected chi connectivity index (χ1v) is 10.4. The number of carbonyl (C=O) groups is 2. The molecule has 2 amide bonds. The lowest BCUT2D eigenvalue weighted by molar-refractivity contribution is -0.123. The SMILES string of the molecule is CC(NC(=O)CN1CCN(C(=O)c2ccc(Cl)cc2)CC1)c1ccc(Br)cc1. The van der Waals surface area contributed by atoms with Crippen LogP contribution in [0.25, 0.3) is 0 Å². The van der Waals surface area contributed by atoms with Gasteiger partial charge >= 0.3 is 0 Å². The number of hydrogen-bond acceptors (Lipinski definition) is 3. The Kier molecular flexibility index (Phi) is 7.10. The minimum atomic E-state index is -0.0478. The van der Waals surface area contributed by atoms with E-state index in [1.807, 2.05) is 36.1 Å². The van der Waals surface area contributed by atoms with Crippen LogP contribution < -0.4 is 5.32 Å². The average molecular weight is 465 g/mol. The number of amides is 2. The number of hydrogen-bond donors (Lipinski definition) is 1. The van der Waals surface area contributed by atoms with Crippen molar-refractivity contribution in [3.05, 3.63) is 69.2 Å². The molecule has 7 heteroatoms. The highest BCUT2D eigenvalue weighted by atomic mass is 79.9. The molecule has 0 aliphatic carbocycles. The van der Waals surface area contributed by atoms with Crippen LogP contribution in [0.15, 0.2) is 53.0 Å². The molecule has 0 saturated carbocycles. The van der Waals surface area contributed by atoms with Crippen LogP contribution in [0.3, 0.4) is 0 Å². The molecule has 2 aromatic rings. The molecule has 1 saturated heterocycles. The van der Waals surface area contributed by atoms with Crippen molar-refractivity contribution in [1.29, 1.82) is 0 Å². The molecule has 2 aromatic carbocycles. The van der Waals surface area contributed by atoms with Crippen molar-refractivity contribution in [2.75, 3.05) is 32.7 Å². The standard InChI is InChI=1S/C21H23BrClN3O2/c1-15(16-2-6-18(22)7-3-16)24-20(27)14-25-10-12-26(13-11-25)21(28)17-4-8-19(23)9-5-17/h2-9,15H,10-14H2,1H3,(H,24,27). The van der Waals surface area contributed by atoms with E-state index in [1.165, 1.54) is 0 Å². The van der Waals surface area contributed by atoms with Crippen molar-refractivity contribution in [3.63, 3.8) is 0 Å². The zero-order chi connectivity index (χ0) is 20.1. The van der Waals surface area contributed by atoms with Gasteiger partial charge in [-0.1, -0.05) is 39.7 Å². The second kappa shape index (κ2) is 9.54. The van der Waals surface area contributed by atoms with Crippen molar-refractivity contribution >= 4 is 39.3 Å². The highest BCUT2D eigenvalue weighted by Gasteiger charge is 2.23. The first-order chi connectivity index (χ1) is 13.4. The molecule has 1 fully saturated rings. The van der Waals surface area contributed by atoms with Gasteiger partial charge in [0.25, 0.3) is 5.91 Å². The van der Waals surface area contributed by atoms with Crippen LogP contribution in [0.1, 0.15) is 28.9 Å². The van der Waals surface area contributed by atoms with Crippen molar-refractivity contribution in [1.82, 2.24) is 15.1 Å². The van der Waals surface area contributed by atoms with Crippen LogP contribution in [0.2, 0.25) is 5.02 Å². The fourth-order valence-corrected chi connectivity index (χ4v) is 3.60. The van der Waals surface area contributed by atoms with E-state index in [4.69, 9.17) is 11.6 Å². The Labute approximate surface area is 178 Å². The van der Waals surface area contributed by atoms with Gasteiger partial charge in [-0.25, -0.2) is 0 Å². The van der Waals surface area contributed by atoms with Gasteiger partial charge in [-0.2, -0.15) is 0 Å². The van der Waals surface area contributed by atoms with Gasteiger partial charge in [0.1, 0.15) is 0 Å². The van der Waals surface area contributed by atoms with E-state index < -0.39 is 0 Å². The summed E-state index contributed by atoms with van der Waals surface area (Å²) in [5.74, 6) is -0.00229. The van der Waals surface area contributed by atoms with E-state index in [0.717, 1.165) is 10.0 Å². The molecule has 0 bridgehead atoms. The van der Waals surface area contributed by atoms with Gasteiger partial charge in [0.2, 0.25) is 5.91 Å². The third-order valence-corrected chi connectivity index (χ3v) is 5.65. The summed E-state index contributed by atoms with van der Waals surface area (Å²) in [6.45, 7) is 4.89. The fraction of sp³-hybridized carbons (Fsp3) is 0.333. The van der Waals surface area contributed by atoms with Crippen LogP contribution in [0.4, 0.5) is 0 Å². The molecule has 3 rings (SSSR count). The van der Waals surface area contributed by atoms with Crippen LogP contribution >= 0.6 is 27.5 Å². The minimum absolute atomic E-state index is 0.00429. The van der Waals surface area contributed by atoms with Crippen molar-refractivity contribution in [2.24, 2.45) is 0 Å². The van der Waals surface area contributed by atoms with Crippen molar-refractivity contribution in [3.8, 4) is 0 Å². The maximum absolute atomic E-state index is 12.5. The number of piperazine rings is 1. The quantitative estimate of drug-likeness (QED) is 0.733. The molecule has 0 radical (unpaired) electrons. The van der Waals surface area contributed by atoms with Crippen LogP contribution in [0, 0.1) is 0 Å². The number of halogens is 2. The Morgan fingerprint density at radius 2 is 1.64 bits per heavy atom. The first-order valence-electron chi connectivity index (χ1n) is 9.24. The van der Waals surface area contributed by atoms with Gasteiger partial charge in [-0.3, -0.25) is 14.5 Å². The number of carbonyl (C=O) groups excluding carboxylic acids is 2. The predicted octanol–water partition coefficient (Wildman–Crippen LogP) is 3.74. The summed E-state index contributed by atoms with van der Waals surface area (Å²) in [5.41, 5.74) is 1.70. The highest BCUT2D eigenvalue weighted by Crippen LogP contribution is 2.17. The van der Waals surface area contributed by atoms with Gasteiger partial charge < -0.3 is 10.2 Å². The number of nitrogens with zero attached hydrogens (tertiary/aromatic N) is 2. The van der Waals surface area contributed by atoms with Gasteiger partial charge in [0.05, 0.1) is 12.6 Å².